The van der Waals surface area contributed by atoms with E-state index < -0.39 is 34.4 Å². The topological polar surface area (TPSA) is 98.9 Å². The third kappa shape index (κ3) is 5.00. The average molecular weight is 406 g/mol. The van der Waals surface area contributed by atoms with Crippen molar-refractivity contribution in [2.45, 2.75) is 19.2 Å². The minimum absolute atomic E-state index is 0.0464. The molecule has 2 aromatic carbocycles. The lowest BCUT2D eigenvalue weighted by molar-refractivity contribution is -0.386. The predicted molar refractivity (Wildman–Crippen MR) is 87.4 cm³/mol. The highest BCUT2D eigenvalue weighted by Crippen LogP contribution is 2.38. The fourth-order valence-corrected chi connectivity index (χ4v) is 2.15. The molecule has 0 heterocycles. The largest absolute Gasteiger partial charge is 0.479 e. The van der Waals surface area contributed by atoms with E-state index in [1.165, 1.54) is 13.0 Å². The Morgan fingerprint density at radius 2 is 1.89 bits per heavy atom. The van der Waals surface area contributed by atoms with Gasteiger partial charge in [-0.15, -0.1) is 0 Å². The van der Waals surface area contributed by atoms with Gasteiger partial charge in [0.2, 0.25) is 5.75 Å². The summed E-state index contributed by atoms with van der Waals surface area (Å²) >= 11 is 5.79. The van der Waals surface area contributed by atoms with Crippen LogP contribution in [0.4, 0.5) is 18.9 Å². The normalized spacial score (nSPS) is 12.3. The monoisotopic (exact) mass is 405 g/mol. The summed E-state index contributed by atoms with van der Waals surface area (Å²) in [6.07, 6.45) is -5.96. The molecule has 0 fully saturated rings. The van der Waals surface area contributed by atoms with Gasteiger partial charge < -0.3 is 14.6 Å². The lowest BCUT2D eigenvalue weighted by atomic mass is 10.2. The van der Waals surface area contributed by atoms with Crippen molar-refractivity contribution in [3.63, 3.8) is 0 Å². The van der Waals surface area contributed by atoms with Crippen LogP contribution in [0.1, 0.15) is 12.5 Å². The van der Waals surface area contributed by atoms with Crippen LogP contribution < -0.4 is 9.47 Å². The molecular formula is C16H11ClF3NO6. The number of alkyl halides is 3. The lowest BCUT2D eigenvalue weighted by Crippen LogP contribution is -2.23. The Morgan fingerprint density at radius 3 is 2.41 bits per heavy atom. The molecule has 2 aromatic rings. The molecule has 0 amide bonds. The number of benzene rings is 2. The molecule has 7 nitrogen and oxygen atoms in total. The molecule has 0 aliphatic carbocycles. The standard InChI is InChI=1S/C16H11ClF3NO6/c1-8(15(22)23)26-14-7-10(3-4-12(14)21(24)25)27-13-5-2-9(6-11(13)17)16(18,19)20/h2-8H,1H3,(H,22,23)/t8-/m1/s1. The van der Waals surface area contributed by atoms with Crippen LogP contribution in [0.25, 0.3) is 0 Å². The number of carbonyl (C=O) groups is 1. The van der Waals surface area contributed by atoms with Gasteiger partial charge in [-0.05, 0) is 31.2 Å². The van der Waals surface area contributed by atoms with E-state index in [2.05, 4.69) is 0 Å². The fourth-order valence-electron chi connectivity index (χ4n) is 1.93. The van der Waals surface area contributed by atoms with Gasteiger partial charge in [0.25, 0.3) is 0 Å². The van der Waals surface area contributed by atoms with Crippen molar-refractivity contribution in [3.05, 3.63) is 57.1 Å². The third-order valence-corrected chi connectivity index (χ3v) is 3.56. The number of halogens is 4. The molecule has 0 saturated heterocycles. The van der Waals surface area contributed by atoms with E-state index in [0.717, 1.165) is 24.3 Å². The smallest absolute Gasteiger partial charge is 0.416 e. The van der Waals surface area contributed by atoms with E-state index in [1.807, 2.05) is 0 Å². The summed E-state index contributed by atoms with van der Waals surface area (Å²) in [4.78, 5) is 21.1. The fraction of sp³-hybridized carbons (Fsp3) is 0.188. The molecule has 0 spiro atoms. The van der Waals surface area contributed by atoms with Gasteiger partial charge >= 0.3 is 17.8 Å². The predicted octanol–water partition coefficient (Wildman–Crippen LogP) is 4.91. The minimum Gasteiger partial charge on any atom is -0.479 e. The number of hydrogen-bond donors (Lipinski definition) is 1. The Balaban J connectivity index is 2.34. The lowest BCUT2D eigenvalue weighted by Gasteiger charge is -2.13. The maximum atomic E-state index is 12.7. The molecule has 0 bridgehead atoms. The van der Waals surface area contributed by atoms with Crippen LogP contribution in [-0.2, 0) is 11.0 Å². The van der Waals surface area contributed by atoms with E-state index >= 15 is 0 Å². The van der Waals surface area contributed by atoms with E-state index in [4.69, 9.17) is 26.2 Å². The van der Waals surface area contributed by atoms with Gasteiger partial charge in [-0.25, -0.2) is 4.79 Å². The molecule has 1 atom stereocenters. The van der Waals surface area contributed by atoms with E-state index in [1.54, 1.807) is 0 Å². The van der Waals surface area contributed by atoms with Crippen LogP contribution in [0.2, 0.25) is 5.02 Å². The molecular weight excluding hydrogens is 395 g/mol. The van der Waals surface area contributed by atoms with Crippen LogP contribution in [0.5, 0.6) is 17.2 Å². The summed E-state index contributed by atoms with van der Waals surface area (Å²) in [6.45, 7) is 1.17. The van der Waals surface area contributed by atoms with Crippen molar-refractivity contribution in [2.24, 2.45) is 0 Å². The average Bonchev–Trinajstić information content (AvgIpc) is 2.55. The van der Waals surface area contributed by atoms with Crippen LogP contribution in [0.15, 0.2) is 36.4 Å². The number of nitro groups is 1. The quantitative estimate of drug-likeness (QED) is 0.541. The Labute approximate surface area is 155 Å². The molecule has 144 valence electrons. The first-order valence-electron chi connectivity index (χ1n) is 7.21. The number of nitrogens with zero attached hydrogens (tertiary/aromatic N) is 1. The number of aliphatic carboxylic acids is 1. The van der Waals surface area contributed by atoms with Gasteiger partial charge in [0, 0.05) is 12.1 Å². The Kier molecular flexibility index (Phi) is 5.79. The van der Waals surface area contributed by atoms with Crippen LogP contribution in [0, 0.1) is 10.1 Å². The highest BCUT2D eigenvalue weighted by atomic mass is 35.5. The van der Waals surface area contributed by atoms with Crippen molar-refractivity contribution in [3.8, 4) is 17.2 Å². The molecule has 0 aliphatic rings. The van der Waals surface area contributed by atoms with E-state index in [-0.39, 0.29) is 22.3 Å². The molecule has 0 saturated carbocycles. The summed E-state index contributed by atoms with van der Waals surface area (Å²) in [5.41, 5.74) is -1.48. The summed E-state index contributed by atoms with van der Waals surface area (Å²) in [7, 11) is 0. The number of ether oxygens (including phenoxy) is 2. The highest BCUT2D eigenvalue weighted by Gasteiger charge is 2.31. The summed E-state index contributed by atoms with van der Waals surface area (Å²) in [5.74, 6) is -1.90. The highest BCUT2D eigenvalue weighted by molar-refractivity contribution is 6.32. The van der Waals surface area contributed by atoms with Crippen molar-refractivity contribution in [1.82, 2.24) is 0 Å². The first-order chi connectivity index (χ1) is 12.5. The van der Waals surface area contributed by atoms with Gasteiger partial charge in [-0.3, -0.25) is 10.1 Å². The molecule has 1 N–H and O–H groups in total. The maximum absolute atomic E-state index is 12.7. The Hall–Kier alpha value is -3.01. The molecule has 11 heteroatoms. The third-order valence-electron chi connectivity index (χ3n) is 3.27. The van der Waals surface area contributed by atoms with Crippen molar-refractivity contribution in [1.29, 1.82) is 0 Å². The van der Waals surface area contributed by atoms with Gasteiger partial charge in [0.15, 0.2) is 6.10 Å². The first-order valence-corrected chi connectivity index (χ1v) is 7.59. The molecule has 0 radical (unpaired) electrons. The second-order valence-corrected chi connectivity index (χ2v) is 5.64. The summed E-state index contributed by atoms with van der Waals surface area (Å²) in [6, 6.07) is 5.66. The second-order valence-electron chi connectivity index (χ2n) is 5.23. The molecule has 0 aromatic heterocycles. The Morgan fingerprint density at radius 1 is 1.22 bits per heavy atom. The number of hydrogen-bond acceptors (Lipinski definition) is 5. The summed E-state index contributed by atoms with van der Waals surface area (Å²) in [5, 5.41) is 19.6. The molecule has 27 heavy (non-hydrogen) atoms. The van der Waals surface area contributed by atoms with Crippen LogP contribution in [0.3, 0.4) is 0 Å². The van der Waals surface area contributed by atoms with Crippen LogP contribution >= 0.6 is 11.6 Å². The zero-order valence-electron chi connectivity index (χ0n) is 13.5. The number of rotatable bonds is 6. The zero-order chi connectivity index (χ0) is 20.4. The van der Waals surface area contributed by atoms with E-state index in [9.17, 15) is 28.1 Å². The van der Waals surface area contributed by atoms with Crippen molar-refractivity contribution < 1.29 is 37.5 Å². The summed E-state index contributed by atoms with van der Waals surface area (Å²) < 4.78 is 48.4. The first kappa shape index (κ1) is 20.3. The van der Waals surface area contributed by atoms with Crippen molar-refractivity contribution >= 4 is 23.3 Å². The molecule has 0 unspecified atom stereocenters. The maximum Gasteiger partial charge on any atom is 0.416 e. The van der Waals surface area contributed by atoms with Crippen molar-refractivity contribution in [2.75, 3.05) is 0 Å². The number of carboxylic acids is 1. The van der Waals surface area contributed by atoms with Crippen LogP contribution in [-0.4, -0.2) is 22.1 Å². The molecule has 2 rings (SSSR count). The zero-order valence-corrected chi connectivity index (χ0v) is 14.2. The molecule has 0 aliphatic heterocycles. The van der Waals surface area contributed by atoms with Gasteiger partial charge in [0.1, 0.15) is 11.5 Å². The van der Waals surface area contributed by atoms with Gasteiger partial charge in [-0.1, -0.05) is 11.6 Å². The van der Waals surface area contributed by atoms with Gasteiger partial charge in [-0.2, -0.15) is 13.2 Å². The number of nitro benzene ring substituents is 1. The van der Waals surface area contributed by atoms with E-state index in [0.29, 0.717) is 6.07 Å². The Bertz CT molecular complexity index is 887. The number of carboxylic acid groups (broad SMARTS) is 1. The second kappa shape index (κ2) is 7.70. The minimum atomic E-state index is -4.58. The SMILES string of the molecule is C[C@@H](Oc1cc(Oc2ccc(C(F)(F)F)cc2Cl)ccc1[N+](=O)[O-])C(=O)O. The van der Waals surface area contributed by atoms with Gasteiger partial charge in [0.05, 0.1) is 15.5 Å².